The third kappa shape index (κ3) is 5.33. The quantitative estimate of drug-likeness (QED) is 0.845. The number of rotatable bonds is 5. The molecule has 2 N–H and O–H groups in total. The molecular formula is C20H22ClNO3. The largest absolute Gasteiger partial charge is 0.480 e. The molecule has 5 heteroatoms. The Hall–Kier alpha value is -2.33. The van der Waals surface area contributed by atoms with Crippen LogP contribution >= 0.6 is 11.6 Å². The molecule has 25 heavy (non-hydrogen) atoms. The third-order valence-electron chi connectivity index (χ3n) is 3.97. The molecule has 0 aromatic heterocycles. The SMILES string of the molecule is CC(C)(C)c1ccc(C[C@@H](NC(=O)c2ccc(Cl)cc2)C(=O)O)cc1. The van der Waals surface area contributed by atoms with Gasteiger partial charge in [-0.1, -0.05) is 56.6 Å². The van der Waals surface area contributed by atoms with Crippen molar-refractivity contribution in [2.75, 3.05) is 0 Å². The summed E-state index contributed by atoms with van der Waals surface area (Å²) >= 11 is 5.80. The van der Waals surface area contributed by atoms with Gasteiger partial charge in [0.25, 0.3) is 5.91 Å². The van der Waals surface area contributed by atoms with Gasteiger partial charge in [-0.15, -0.1) is 0 Å². The van der Waals surface area contributed by atoms with E-state index in [-0.39, 0.29) is 11.8 Å². The lowest BCUT2D eigenvalue weighted by molar-refractivity contribution is -0.139. The fourth-order valence-corrected chi connectivity index (χ4v) is 2.55. The molecule has 2 rings (SSSR count). The second-order valence-corrected chi connectivity index (χ2v) is 7.46. The number of benzene rings is 2. The van der Waals surface area contributed by atoms with Gasteiger partial charge in [0.1, 0.15) is 6.04 Å². The summed E-state index contributed by atoms with van der Waals surface area (Å²) < 4.78 is 0. The average molecular weight is 360 g/mol. The Morgan fingerprint density at radius 2 is 1.60 bits per heavy atom. The minimum atomic E-state index is -1.07. The maximum Gasteiger partial charge on any atom is 0.326 e. The number of nitrogens with one attached hydrogen (secondary N) is 1. The summed E-state index contributed by atoms with van der Waals surface area (Å²) in [5.41, 5.74) is 2.44. The van der Waals surface area contributed by atoms with Crippen LogP contribution in [-0.4, -0.2) is 23.0 Å². The van der Waals surface area contributed by atoms with Gasteiger partial charge < -0.3 is 10.4 Å². The topological polar surface area (TPSA) is 66.4 Å². The Labute approximate surface area is 152 Å². The van der Waals surface area contributed by atoms with E-state index < -0.39 is 17.9 Å². The highest BCUT2D eigenvalue weighted by Crippen LogP contribution is 2.22. The van der Waals surface area contributed by atoms with E-state index >= 15 is 0 Å². The van der Waals surface area contributed by atoms with Crippen molar-refractivity contribution >= 4 is 23.5 Å². The van der Waals surface area contributed by atoms with E-state index in [9.17, 15) is 14.7 Å². The lowest BCUT2D eigenvalue weighted by Crippen LogP contribution is -2.42. The van der Waals surface area contributed by atoms with Crippen molar-refractivity contribution in [3.8, 4) is 0 Å². The highest BCUT2D eigenvalue weighted by molar-refractivity contribution is 6.30. The molecule has 0 bridgehead atoms. The van der Waals surface area contributed by atoms with Crippen molar-refractivity contribution in [2.45, 2.75) is 38.6 Å². The smallest absolute Gasteiger partial charge is 0.326 e. The van der Waals surface area contributed by atoms with Crippen molar-refractivity contribution in [1.82, 2.24) is 5.32 Å². The molecule has 2 aromatic rings. The molecule has 0 fully saturated rings. The van der Waals surface area contributed by atoms with Crippen LogP contribution < -0.4 is 5.32 Å². The molecule has 0 aliphatic heterocycles. The molecule has 1 amide bonds. The van der Waals surface area contributed by atoms with Crippen molar-refractivity contribution < 1.29 is 14.7 Å². The molecule has 1 atom stereocenters. The molecule has 132 valence electrons. The molecule has 4 nitrogen and oxygen atoms in total. The van der Waals surface area contributed by atoms with Crippen LogP contribution in [0, 0.1) is 0 Å². The van der Waals surface area contributed by atoms with E-state index in [2.05, 4.69) is 26.1 Å². The van der Waals surface area contributed by atoms with Crippen molar-refractivity contribution in [3.05, 3.63) is 70.2 Å². The Balaban J connectivity index is 2.09. The van der Waals surface area contributed by atoms with E-state index in [1.807, 2.05) is 24.3 Å². The first kappa shape index (κ1) is 19.0. The highest BCUT2D eigenvalue weighted by atomic mass is 35.5. The summed E-state index contributed by atoms with van der Waals surface area (Å²) in [7, 11) is 0. The Bertz CT molecular complexity index is 746. The molecular weight excluding hydrogens is 338 g/mol. The summed E-state index contributed by atoms with van der Waals surface area (Å²) in [6.07, 6.45) is 0.221. The zero-order valence-electron chi connectivity index (χ0n) is 14.5. The molecule has 0 aliphatic rings. The van der Waals surface area contributed by atoms with Crippen LogP contribution in [0.3, 0.4) is 0 Å². The first-order valence-electron chi connectivity index (χ1n) is 8.05. The molecule has 0 unspecified atom stereocenters. The minimum absolute atomic E-state index is 0.0352. The Morgan fingerprint density at radius 3 is 2.08 bits per heavy atom. The number of aliphatic carboxylic acids is 1. The predicted octanol–water partition coefficient (Wildman–Crippen LogP) is 4.06. The monoisotopic (exact) mass is 359 g/mol. The standard InChI is InChI=1S/C20H22ClNO3/c1-20(2,3)15-8-4-13(5-9-15)12-17(19(24)25)22-18(23)14-6-10-16(21)11-7-14/h4-11,17H,12H2,1-3H3,(H,22,23)(H,24,25)/t17-/m1/s1. The van der Waals surface area contributed by atoms with Crippen LogP contribution in [0.4, 0.5) is 0 Å². The van der Waals surface area contributed by atoms with Crippen LogP contribution in [-0.2, 0) is 16.6 Å². The number of carbonyl (C=O) groups is 2. The summed E-state index contributed by atoms with van der Waals surface area (Å²) in [6, 6.07) is 13.1. The van der Waals surface area contributed by atoms with Crippen LogP contribution in [0.5, 0.6) is 0 Å². The van der Waals surface area contributed by atoms with E-state index in [4.69, 9.17) is 11.6 Å². The number of carbonyl (C=O) groups excluding carboxylic acids is 1. The van der Waals surface area contributed by atoms with Gasteiger partial charge in [0.2, 0.25) is 0 Å². The van der Waals surface area contributed by atoms with Gasteiger partial charge in [0.15, 0.2) is 0 Å². The Morgan fingerprint density at radius 1 is 1.04 bits per heavy atom. The lowest BCUT2D eigenvalue weighted by Gasteiger charge is -2.20. The zero-order valence-corrected chi connectivity index (χ0v) is 15.3. The lowest BCUT2D eigenvalue weighted by atomic mass is 9.86. The van der Waals surface area contributed by atoms with E-state index in [1.165, 1.54) is 5.56 Å². The Kier molecular flexibility index (Phi) is 5.85. The van der Waals surface area contributed by atoms with E-state index in [0.717, 1.165) is 5.56 Å². The normalized spacial score (nSPS) is 12.5. The van der Waals surface area contributed by atoms with Gasteiger partial charge in [-0.2, -0.15) is 0 Å². The van der Waals surface area contributed by atoms with Crippen molar-refractivity contribution in [3.63, 3.8) is 0 Å². The molecule has 2 aromatic carbocycles. The molecule has 0 saturated carbocycles. The number of hydrogen-bond donors (Lipinski definition) is 2. The zero-order chi connectivity index (χ0) is 18.6. The van der Waals surface area contributed by atoms with Gasteiger partial charge in [0.05, 0.1) is 0 Å². The molecule has 0 spiro atoms. The average Bonchev–Trinajstić information content (AvgIpc) is 2.54. The molecule has 0 radical (unpaired) electrons. The summed E-state index contributed by atoms with van der Waals surface area (Å²) in [5.74, 6) is -1.50. The summed E-state index contributed by atoms with van der Waals surface area (Å²) in [4.78, 5) is 23.7. The minimum Gasteiger partial charge on any atom is -0.480 e. The molecule has 0 heterocycles. The van der Waals surface area contributed by atoms with Crippen LogP contribution in [0.1, 0.15) is 42.3 Å². The van der Waals surface area contributed by atoms with E-state index in [1.54, 1.807) is 24.3 Å². The molecule has 0 aliphatic carbocycles. The fraction of sp³-hybridized carbons (Fsp3) is 0.300. The second kappa shape index (κ2) is 7.70. The number of hydrogen-bond acceptors (Lipinski definition) is 2. The maximum atomic E-state index is 12.2. The van der Waals surface area contributed by atoms with Gasteiger partial charge in [0, 0.05) is 17.0 Å². The van der Waals surface area contributed by atoms with Crippen molar-refractivity contribution in [2.24, 2.45) is 0 Å². The predicted molar refractivity (Wildman–Crippen MR) is 99.2 cm³/mol. The van der Waals surface area contributed by atoms with Crippen LogP contribution in [0.2, 0.25) is 5.02 Å². The highest BCUT2D eigenvalue weighted by Gasteiger charge is 2.21. The van der Waals surface area contributed by atoms with Gasteiger partial charge in [-0.25, -0.2) is 4.79 Å². The number of amides is 1. The fourth-order valence-electron chi connectivity index (χ4n) is 2.42. The number of carboxylic acid groups (broad SMARTS) is 1. The second-order valence-electron chi connectivity index (χ2n) is 7.02. The van der Waals surface area contributed by atoms with Gasteiger partial charge in [-0.3, -0.25) is 4.79 Å². The third-order valence-corrected chi connectivity index (χ3v) is 4.22. The van der Waals surface area contributed by atoms with Crippen LogP contribution in [0.15, 0.2) is 48.5 Å². The number of halogens is 1. The first-order chi connectivity index (χ1) is 11.7. The maximum absolute atomic E-state index is 12.2. The van der Waals surface area contributed by atoms with Crippen LogP contribution in [0.25, 0.3) is 0 Å². The van der Waals surface area contributed by atoms with Crippen molar-refractivity contribution in [1.29, 1.82) is 0 Å². The van der Waals surface area contributed by atoms with E-state index in [0.29, 0.717) is 10.6 Å². The van der Waals surface area contributed by atoms with Gasteiger partial charge >= 0.3 is 5.97 Å². The first-order valence-corrected chi connectivity index (χ1v) is 8.43. The van der Waals surface area contributed by atoms with Gasteiger partial charge in [-0.05, 0) is 40.8 Å². The summed E-state index contributed by atoms with van der Waals surface area (Å²) in [5, 5.41) is 12.5. The summed E-state index contributed by atoms with van der Waals surface area (Å²) in [6.45, 7) is 6.36. The number of carboxylic acids is 1. The molecule has 0 saturated heterocycles.